The molecule has 0 fully saturated rings. The van der Waals surface area contributed by atoms with Crippen LogP contribution in [0.2, 0.25) is 0 Å². The zero-order valence-electron chi connectivity index (χ0n) is 42.2. The molecule has 0 spiro atoms. The average molecular weight is 989 g/mol. The van der Waals surface area contributed by atoms with Crippen LogP contribution in [-0.2, 0) is 0 Å². The van der Waals surface area contributed by atoms with Gasteiger partial charge in [0, 0.05) is 78.8 Å². The van der Waals surface area contributed by atoms with Crippen molar-refractivity contribution in [2.24, 2.45) is 0 Å². The summed E-state index contributed by atoms with van der Waals surface area (Å²) in [6.07, 6.45) is 0. The van der Waals surface area contributed by atoms with Crippen molar-refractivity contribution in [3.05, 3.63) is 315 Å². The summed E-state index contributed by atoms with van der Waals surface area (Å²) in [5.41, 5.74) is 14.9. The molecule has 0 atom stereocenters. The molecule has 0 saturated carbocycles. The normalized spacial score (nSPS) is 11.1. The first-order valence-electron chi connectivity index (χ1n) is 26.1. The number of anilines is 12. The number of nitrogens with zero attached hydrogens (tertiary/aromatic N) is 4. The van der Waals surface area contributed by atoms with E-state index in [-0.39, 0.29) is 0 Å². The number of rotatable bonds is 14. The molecule has 366 valence electrons. The van der Waals surface area contributed by atoms with Crippen LogP contribution in [0.25, 0.3) is 44.2 Å². The Hall–Kier alpha value is -10.4. The van der Waals surface area contributed by atoms with Gasteiger partial charge in [-0.3, -0.25) is 0 Å². The molecule has 0 bridgehead atoms. The van der Waals surface area contributed by atoms with E-state index in [9.17, 15) is 0 Å². The lowest BCUT2D eigenvalue weighted by molar-refractivity contribution is 0.597. The second-order valence-electron chi connectivity index (χ2n) is 19.0. The number of hydrogen-bond donors (Lipinski definition) is 0. The quantitative estimate of drug-likeness (QED) is 0.108. The number of benzene rings is 12. The van der Waals surface area contributed by atoms with E-state index in [1.807, 2.05) is 0 Å². The lowest BCUT2D eigenvalue weighted by atomic mass is 10.1. The predicted molar refractivity (Wildman–Crippen MR) is 323 cm³/mol. The minimum Gasteiger partial charge on any atom is -0.456 e. The Morgan fingerprint density at radius 1 is 0.182 bits per heavy atom. The van der Waals surface area contributed by atoms with Crippen molar-refractivity contribution >= 4 is 89.8 Å². The lowest BCUT2D eigenvalue weighted by Crippen LogP contribution is -2.12. The van der Waals surface area contributed by atoms with E-state index >= 15 is 0 Å². The van der Waals surface area contributed by atoms with Gasteiger partial charge < -0.3 is 24.0 Å². The topological polar surface area (TPSA) is 26.1 Å². The van der Waals surface area contributed by atoms with Crippen molar-refractivity contribution < 1.29 is 4.42 Å². The number of hydrogen-bond acceptors (Lipinski definition) is 5. The van der Waals surface area contributed by atoms with E-state index in [1.165, 1.54) is 21.5 Å². The third kappa shape index (κ3) is 9.35. The van der Waals surface area contributed by atoms with Crippen LogP contribution >= 0.6 is 0 Å². The van der Waals surface area contributed by atoms with Crippen molar-refractivity contribution in [2.45, 2.75) is 0 Å². The monoisotopic (exact) mass is 988 g/mol. The fourth-order valence-corrected chi connectivity index (χ4v) is 10.6. The minimum absolute atomic E-state index is 0.802. The van der Waals surface area contributed by atoms with Crippen molar-refractivity contribution in [3.8, 4) is 22.6 Å². The van der Waals surface area contributed by atoms with E-state index in [2.05, 4.69) is 335 Å². The van der Waals surface area contributed by atoms with E-state index in [0.717, 1.165) is 90.9 Å². The summed E-state index contributed by atoms with van der Waals surface area (Å²) >= 11 is 0. The fraction of sp³-hybridized carbons (Fsp3) is 0. The molecular formula is C72H52N4O. The Bertz CT molecular complexity index is 3710. The smallest absolute Gasteiger partial charge is 0.134 e. The average Bonchev–Trinajstić information content (AvgIpc) is 4.02. The van der Waals surface area contributed by atoms with Crippen LogP contribution in [0.1, 0.15) is 0 Å². The third-order valence-corrected chi connectivity index (χ3v) is 14.2. The molecule has 5 nitrogen and oxygen atoms in total. The zero-order chi connectivity index (χ0) is 51.3. The van der Waals surface area contributed by atoms with Crippen LogP contribution < -0.4 is 19.6 Å². The highest BCUT2D eigenvalue weighted by Crippen LogP contribution is 2.45. The minimum atomic E-state index is 0.802. The molecule has 1 heterocycles. The van der Waals surface area contributed by atoms with Crippen LogP contribution in [0.3, 0.4) is 0 Å². The van der Waals surface area contributed by atoms with Gasteiger partial charge in [-0.2, -0.15) is 0 Å². The van der Waals surface area contributed by atoms with Gasteiger partial charge in [0.15, 0.2) is 0 Å². The summed E-state index contributed by atoms with van der Waals surface area (Å²) in [6, 6.07) is 112. The van der Waals surface area contributed by atoms with E-state index in [4.69, 9.17) is 4.42 Å². The Balaban J connectivity index is 0.808. The molecule has 77 heavy (non-hydrogen) atoms. The summed E-state index contributed by atoms with van der Waals surface area (Å²) in [7, 11) is 0. The summed E-state index contributed by atoms with van der Waals surface area (Å²) < 4.78 is 6.69. The van der Waals surface area contributed by atoms with Gasteiger partial charge in [-0.1, -0.05) is 146 Å². The summed E-state index contributed by atoms with van der Waals surface area (Å²) in [5.74, 6) is 1.60. The zero-order valence-corrected chi connectivity index (χ0v) is 42.2. The SMILES string of the molecule is c1ccc(N(c2ccccc2)c2ccc(N(c3ccc(-c4ccc(-c5ccc(N(c6ccc(N(c7ccccc7)c7ccccc7)cc6)c6cccc7ccccc67)cc5)o4)cc3)c3cccc4ccccc34)cc2)cc1. The van der Waals surface area contributed by atoms with Crippen molar-refractivity contribution in [1.82, 2.24) is 0 Å². The molecule has 0 aliphatic rings. The molecule has 0 aliphatic carbocycles. The standard InChI is InChI=1S/C72H52N4O/c1-5-23-57(24-6-1)73(58-25-7-2-8-26-58)61-43-47-65(48-44-61)75(69-33-17-21-53-19-13-15-31-67(53)69)63-39-35-55(36-40-63)71-51-52-72(77-71)56-37-41-64(42-38-56)76(70-34-18-22-54-20-14-16-32-68(54)70)66-49-45-62(46-50-66)74(59-27-9-3-10-28-59)60-29-11-4-12-30-60/h1-52H. The van der Waals surface area contributed by atoms with Crippen LogP contribution in [0.15, 0.2) is 320 Å². The molecule has 13 aromatic rings. The molecule has 0 radical (unpaired) electrons. The summed E-state index contributed by atoms with van der Waals surface area (Å²) in [6.45, 7) is 0. The maximum Gasteiger partial charge on any atom is 0.134 e. The Labute approximate surface area is 449 Å². The van der Waals surface area contributed by atoms with Crippen LogP contribution in [0.5, 0.6) is 0 Å². The van der Waals surface area contributed by atoms with E-state index < -0.39 is 0 Å². The second kappa shape index (κ2) is 20.9. The van der Waals surface area contributed by atoms with Gasteiger partial charge >= 0.3 is 0 Å². The highest BCUT2D eigenvalue weighted by Gasteiger charge is 2.21. The Morgan fingerprint density at radius 3 is 0.753 bits per heavy atom. The highest BCUT2D eigenvalue weighted by molar-refractivity contribution is 6.00. The van der Waals surface area contributed by atoms with Crippen molar-refractivity contribution in [3.63, 3.8) is 0 Å². The van der Waals surface area contributed by atoms with Gasteiger partial charge in [-0.25, -0.2) is 0 Å². The Morgan fingerprint density at radius 2 is 0.429 bits per heavy atom. The van der Waals surface area contributed by atoms with Gasteiger partial charge in [0.1, 0.15) is 11.5 Å². The molecule has 5 heteroatoms. The molecule has 0 amide bonds. The number of fused-ring (bicyclic) bond motifs is 2. The molecule has 0 unspecified atom stereocenters. The van der Waals surface area contributed by atoms with Gasteiger partial charge in [-0.05, 0) is 181 Å². The second-order valence-corrected chi connectivity index (χ2v) is 19.0. The largest absolute Gasteiger partial charge is 0.456 e. The summed E-state index contributed by atoms with van der Waals surface area (Å²) in [4.78, 5) is 9.28. The summed E-state index contributed by atoms with van der Waals surface area (Å²) in [5, 5.41) is 4.71. The van der Waals surface area contributed by atoms with Crippen LogP contribution in [0, 0.1) is 0 Å². The molecule has 0 aliphatic heterocycles. The van der Waals surface area contributed by atoms with Crippen LogP contribution in [-0.4, -0.2) is 0 Å². The number of para-hydroxylation sites is 4. The predicted octanol–water partition coefficient (Wildman–Crippen LogP) is 20.8. The Kier molecular flexibility index (Phi) is 12.6. The molecule has 12 aromatic carbocycles. The molecule has 1 aromatic heterocycles. The molecular weight excluding hydrogens is 937 g/mol. The van der Waals surface area contributed by atoms with Gasteiger partial charge in [0.25, 0.3) is 0 Å². The highest BCUT2D eigenvalue weighted by atomic mass is 16.3. The van der Waals surface area contributed by atoms with Gasteiger partial charge in [0.2, 0.25) is 0 Å². The molecule has 13 rings (SSSR count). The number of furan rings is 1. The van der Waals surface area contributed by atoms with Crippen molar-refractivity contribution in [2.75, 3.05) is 19.6 Å². The van der Waals surface area contributed by atoms with E-state index in [0.29, 0.717) is 0 Å². The molecule has 0 saturated heterocycles. The fourth-order valence-electron chi connectivity index (χ4n) is 10.6. The van der Waals surface area contributed by atoms with Gasteiger partial charge in [0.05, 0.1) is 11.4 Å². The first kappa shape index (κ1) is 46.4. The third-order valence-electron chi connectivity index (χ3n) is 14.2. The first-order chi connectivity index (χ1) is 38.2. The maximum atomic E-state index is 6.69. The van der Waals surface area contributed by atoms with Crippen molar-refractivity contribution in [1.29, 1.82) is 0 Å². The van der Waals surface area contributed by atoms with Gasteiger partial charge in [-0.15, -0.1) is 0 Å². The first-order valence-corrected chi connectivity index (χ1v) is 26.1. The van der Waals surface area contributed by atoms with E-state index in [1.54, 1.807) is 0 Å². The molecule has 0 N–H and O–H groups in total. The lowest BCUT2D eigenvalue weighted by Gasteiger charge is -2.29. The van der Waals surface area contributed by atoms with Crippen LogP contribution in [0.4, 0.5) is 68.2 Å². The maximum absolute atomic E-state index is 6.69.